The van der Waals surface area contributed by atoms with Gasteiger partial charge in [0.25, 0.3) is 10.1 Å². The highest BCUT2D eigenvalue weighted by Gasteiger charge is 2.24. The highest BCUT2D eigenvalue weighted by Crippen LogP contribution is 2.20. The van der Waals surface area contributed by atoms with Crippen LogP contribution in [-0.4, -0.2) is 27.1 Å². The molecule has 0 saturated heterocycles. The van der Waals surface area contributed by atoms with Gasteiger partial charge in [-0.2, -0.15) is 8.42 Å². The van der Waals surface area contributed by atoms with Crippen molar-refractivity contribution >= 4 is 16.1 Å². The number of carbonyl (C=O) groups is 1. The van der Waals surface area contributed by atoms with E-state index in [1.54, 1.807) is 25.1 Å². The van der Waals surface area contributed by atoms with Crippen LogP contribution in [0.3, 0.4) is 0 Å². The van der Waals surface area contributed by atoms with Crippen LogP contribution in [0, 0.1) is 6.92 Å². The molecule has 0 N–H and O–H groups in total. The summed E-state index contributed by atoms with van der Waals surface area (Å²) in [6, 6.07) is 6.74. The van der Waals surface area contributed by atoms with Crippen LogP contribution >= 0.6 is 0 Å². The summed E-state index contributed by atoms with van der Waals surface area (Å²) in [6.07, 6.45) is 20.2. The quantitative estimate of drug-likeness (QED) is 0.0813. The van der Waals surface area contributed by atoms with Gasteiger partial charge in [0.05, 0.1) is 4.90 Å². The summed E-state index contributed by atoms with van der Waals surface area (Å²) >= 11 is 0. The third kappa shape index (κ3) is 15.7. The topological polar surface area (TPSA) is 69.7 Å². The van der Waals surface area contributed by atoms with Crippen LogP contribution in [0.15, 0.2) is 29.2 Å². The van der Waals surface area contributed by atoms with Crippen molar-refractivity contribution in [2.45, 2.75) is 147 Å². The summed E-state index contributed by atoms with van der Waals surface area (Å²) in [5.41, 5.74) is 0.637. The van der Waals surface area contributed by atoms with Gasteiger partial charge in [0.1, 0.15) is 12.7 Å². The van der Waals surface area contributed by atoms with Gasteiger partial charge >= 0.3 is 5.97 Å². The zero-order valence-electron chi connectivity index (χ0n) is 23.3. The summed E-state index contributed by atoms with van der Waals surface area (Å²) < 4.78 is 36.1. The van der Waals surface area contributed by atoms with E-state index in [-0.39, 0.29) is 17.5 Å². The molecule has 0 saturated carbocycles. The molecular weight excluding hydrogens is 472 g/mol. The fourth-order valence-electron chi connectivity index (χ4n) is 4.45. The van der Waals surface area contributed by atoms with Crippen LogP contribution in [0.1, 0.15) is 135 Å². The van der Waals surface area contributed by atoms with Crippen molar-refractivity contribution in [3.8, 4) is 0 Å². The Morgan fingerprint density at radius 2 is 1.25 bits per heavy atom. The second-order valence-electron chi connectivity index (χ2n) is 10.1. The molecule has 0 radical (unpaired) electrons. The van der Waals surface area contributed by atoms with E-state index >= 15 is 0 Å². The lowest BCUT2D eigenvalue weighted by atomic mass is 10.0. The Morgan fingerprint density at radius 3 is 1.75 bits per heavy atom. The Kier molecular flexibility index (Phi) is 18.7. The highest BCUT2D eigenvalue weighted by molar-refractivity contribution is 7.86. The van der Waals surface area contributed by atoms with Crippen molar-refractivity contribution in [3.63, 3.8) is 0 Å². The third-order valence-corrected chi connectivity index (χ3v) is 8.17. The van der Waals surface area contributed by atoms with E-state index in [1.807, 2.05) is 6.92 Å². The molecule has 0 aliphatic rings. The standard InChI is InChI=1S/C30H52O5S/c1-4-6-7-8-9-10-11-12-13-14-15-16-17-18-19-25-30(31)34-26-28(22-5-2)35-36(32,33)29-24-21-20-23-27(29)3/h20-21,23-24,28H,4-19,22,25-26H2,1-3H3. The van der Waals surface area contributed by atoms with Crippen LogP contribution in [0.4, 0.5) is 0 Å². The average Bonchev–Trinajstić information content (AvgIpc) is 2.85. The largest absolute Gasteiger partial charge is 0.463 e. The van der Waals surface area contributed by atoms with Crippen LogP contribution < -0.4 is 0 Å². The summed E-state index contributed by atoms with van der Waals surface area (Å²) in [4.78, 5) is 12.3. The van der Waals surface area contributed by atoms with Crippen LogP contribution in [0.2, 0.25) is 0 Å². The predicted octanol–water partition coefficient (Wildman–Crippen LogP) is 8.67. The van der Waals surface area contributed by atoms with Crippen LogP contribution in [0.5, 0.6) is 0 Å². The average molecular weight is 525 g/mol. The second kappa shape index (κ2) is 20.6. The number of esters is 1. The van der Waals surface area contributed by atoms with Crippen molar-refractivity contribution in [1.82, 2.24) is 0 Å². The molecule has 1 unspecified atom stereocenters. The number of aryl methyl sites for hydroxylation is 1. The molecule has 0 aliphatic carbocycles. The van der Waals surface area contributed by atoms with Gasteiger partial charge in [0, 0.05) is 6.42 Å². The number of benzene rings is 1. The summed E-state index contributed by atoms with van der Waals surface area (Å²) in [7, 11) is -3.90. The van der Waals surface area contributed by atoms with Gasteiger partial charge in [-0.15, -0.1) is 0 Å². The molecule has 6 heteroatoms. The summed E-state index contributed by atoms with van der Waals surface area (Å²) in [5.74, 6) is -0.275. The SMILES string of the molecule is CCCCCCCCCCCCCCCCCC(=O)OCC(CCC)OS(=O)(=O)c1ccccc1C. The van der Waals surface area contributed by atoms with E-state index in [1.165, 1.54) is 83.1 Å². The van der Waals surface area contributed by atoms with Gasteiger partial charge < -0.3 is 4.74 Å². The molecule has 1 aromatic carbocycles. The minimum atomic E-state index is -3.90. The molecule has 0 fully saturated rings. The highest BCUT2D eigenvalue weighted by atomic mass is 32.2. The molecule has 0 amide bonds. The molecule has 1 aromatic rings. The van der Waals surface area contributed by atoms with Crippen molar-refractivity contribution in [3.05, 3.63) is 29.8 Å². The fourth-order valence-corrected chi connectivity index (χ4v) is 5.77. The molecule has 1 atom stereocenters. The molecule has 0 spiro atoms. The fraction of sp³-hybridized carbons (Fsp3) is 0.767. The Morgan fingerprint density at radius 1 is 0.750 bits per heavy atom. The maximum absolute atomic E-state index is 12.6. The monoisotopic (exact) mass is 524 g/mol. The molecular formula is C30H52O5S. The first-order valence-electron chi connectivity index (χ1n) is 14.5. The number of hydrogen-bond donors (Lipinski definition) is 0. The number of ether oxygens (including phenoxy) is 1. The minimum Gasteiger partial charge on any atom is -0.463 e. The zero-order valence-corrected chi connectivity index (χ0v) is 24.1. The number of unbranched alkanes of at least 4 members (excludes halogenated alkanes) is 14. The van der Waals surface area contributed by atoms with Crippen molar-refractivity contribution < 1.29 is 22.1 Å². The maximum atomic E-state index is 12.6. The molecule has 0 aromatic heterocycles. The third-order valence-electron chi connectivity index (χ3n) is 6.65. The zero-order chi connectivity index (χ0) is 26.5. The molecule has 5 nitrogen and oxygen atoms in total. The van der Waals surface area contributed by atoms with Gasteiger partial charge in [-0.3, -0.25) is 8.98 Å². The molecule has 0 heterocycles. The summed E-state index contributed by atoms with van der Waals surface area (Å²) in [5, 5.41) is 0. The lowest BCUT2D eigenvalue weighted by Crippen LogP contribution is -2.25. The minimum absolute atomic E-state index is 0.0312. The van der Waals surface area contributed by atoms with Crippen molar-refractivity contribution in [1.29, 1.82) is 0 Å². The lowest BCUT2D eigenvalue weighted by molar-refractivity contribution is -0.146. The van der Waals surface area contributed by atoms with Gasteiger partial charge in [0.2, 0.25) is 0 Å². The Labute approximate surface area is 221 Å². The Balaban J connectivity index is 2.09. The van der Waals surface area contributed by atoms with E-state index < -0.39 is 16.2 Å². The smallest absolute Gasteiger partial charge is 0.305 e. The summed E-state index contributed by atoms with van der Waals surface area (Å²) in [6.45, 7) is 5.92. The van der Waals surface area contributed by atoms with E-state index in [9.17, 15) is 13.2 Å². The maximum Gasteiger partial charge on any atom is 0.305 e. The van der Waals surface area contributed by atoms with Gasteiger partial charge in [0.15, 0.2) is 0 Å². The van der Waals surface area contributed by atoms with E-state index in [0.29, 0.717) is 18.4 Å². The van der Waals surface area contributed by atoms with E-state index in [4.69, 9.17) is 8.92 Å². The molecule has 208 valence electrons. The van der Waals surface area contributed by atoms with Gasteiger partial charge in [-0.05, 0) is 31.4 Å². The molecule has 0 aliphatic heterocycles. The Hall–Kier alpha value is -1.40. The predicted molar refractivity (Wildman–Crippen MR) is 149 cm³/mol. The first kappa shape index (κ1) is 32.6. The first-order valence-corrected chi connectivity index (χ1v) is 16.0. The van der Waals surface area contributed by atoms with Gasteiger partial charge in [-0.1, -0.05) is 128 Å². The van der Waals surface area contributed by atoms with Crippen molar-refractivity contribution in [2.75, 3.05) is 6.61 Å². The number of hydrogen-bond acceptors (Lipinski definition) is 5. The number of rotatable bonds is 23. The van der Waals surface area contributed by atoms with E-state index in [0.717, 1.165) is 25.7 Å². The van der Waals surface area contributed by atoms with Gasteiger partial charge in [-0.25, -0.2) is 0 Å². The molecule has 1 rings (SSSR count). The molecule has 36 heavy (non-hydrogen) atoms. The first-order chi connectivity index (χ1) is 17.4. The van der Waals surface area contributed by atoms with E-state index in [2.05, 4.69) is 6.92 Å². The molecule has 0 bridgehead atoms. The second-order valence-corrected chi connectivity index (χ2v) is 11.6. The van der Waals surface area contributed by atoms with Crippen molar-refractivity contribution in [2.24, 2.45) is 0 Å². The van der Waals surface area contributed by atoms with Crippen LogP contribution in [-0.2, 0) is 23.8 Å². The number of carbonyl (C=O) groups excluding carboxylic acids is 1. The normalized spacial score (nSPS) is 12.5. The lowest BCUT2D eigenvalue weighted by Gasteiger charge is -2.18. The Bertz CT molecular complexity index is 790. The van der Waals surface area contributed by atoms with Crippen LogP contribution in [0.25, 0.3) is 0 Å².